The number of β-lactam (4-membered cyclic amide) rings is 1. The molecule has 0 radical (unpaired) electrons. The Morgan fingerprint density at radius 2 is 2.08 bits per heavy atom. The monoisotopic (exact) mass is 352 g/mol. The van der Waals surface area contributed by atoms with Crippen LogP contribution in [0.2, 0.25) is 0 Å². The number of ether oxygens (including phenoxy) is 1. The van der Waals surface area contributed by atoms with Gasteiger partial charge in [-0.1, -0.05) is 18.2 Å². The molecule has 0 bridgehead atoms. The first-order chi connectivity index (χ1) is 11.4. The second-order valence-corrected chi connectivity index (χ2v) is 6.88. The number of amides is 2. The number of nitrogens with zero attached hydrogens (tertiary/aromatic N) is 1. The summed E-state index contributed by atoms with van der Waals surface area (Å²) in [5.74, 6) is -1.73. The summed E-state index contributed by atoms with van der Waals surface area (Å²) in [5.41, 5.74) is -2.24. The molecule has 0 aromatic heterocycles. The van der Waals surface area contributed by atoms with Gasteiger partial charge < -0.3 is 25.2 Å². The number of hydrogen-bond donors (Lipinski definition) is 3. The van der Waals surface area contributed by atoms with Crippen molar-refractivity contribution in [3.05, 3.63) is 30.3 Å². The summed E-state index contributed by atoms with van der Waals surface area (Å²) in [6.07, 6.45) is 0.271. The highest BCUT2D eigenvalue weighted by Crippen LogP contribution is 2.41. The maximum absolute atomic E-state index is 12.0. The lowest BCUT2D eigenvalue weighted by molar-refractivity contribution is -0.168. The predicted octanol–water partition coefficient (Wildman–Crippen LogP) is -0.371. The summed E-state index contributed by atoms with van der Waals surface area (Å²) in [6.45, 7) is -0.645. The van der Waals surface area contributed by atoms with E-state index in [4.69, 9.17) is 4.74 Å². The molecule has 2 aliphatic heterocycles. The zero-order valence-electron chi connectivity index (χ0n) is 12.5. The average molecular weight is 352 g/mol. The number of aliphatic carboxylic acids is 1. The first-order valence-electron chi connectivity index (χ1n) is 7.28. The maximum atomic E-state index is 12.0. The van der Waals surface area contributed by atoms with Crippen LogP contribution < -0.4 is 10.1 Å². The van der Waals surface area contributed by atoms with E-state index in [2.05, 4.69) is 5.32 Å². The van der Waals surface area contributed by atoms with Gasteiger partial charge in [-0.3, -0.25) is 9.59 Å². The van der Waals surface area contributed by atoms with Crippen LogP contribution in [-0.2, 0) is 14.4 Å². The van der Waals surface area contributed by atoms with Crippen molar-refractivity contribution in [1.82, 2.24) is 10.2 Å². The molecule has 24 heavy (non-hydrogen) atoms. The molecule has 2 aliphatic rings. The van der Waals surface area contributed by atoms with Crippen LogP contribution in [0.1, 0.15) is 6.42 Å². The summed E-state index contributed by atoms with van der Waals surface area (Å²) >= 11 is 1.06. The number of nitrogens with one attached hydrogen (secondary N) is 1. The number of thioether (sulfide) groups is 1. The van der Waals surface area contributed by atoms with Crippen LogP contribution in [-0.4, -0.2) is 62.4 Å². The van der Waals surface area contributed by atoms with Crippen molar-refractivity contribution in [1.29, 1.82) is 0 Å². The van der Waals surface area contributed by atoms with Crippen molar-refractivity contribution in [2.24, 2.45) is 0 Å². The molecule has 3 atom stereocenters. The molecule has 128 valence electrons. The van der Waals surface area contributed by atoms with Gasteiger partial charge in [0.25, 0.3) is 5.91 Å². The molecule has 2 heterocycles. The Labute approximate surface area is 141 Å². The van der Waals surface area contributed by atoms with Crippen LogP contribution in [0.4, 0.5) is 0 Å². The molecule has 2 fully saturated rings. The van der Waals surface area contributed by atoms with E-state index in [0.29, 0.717) is 5.75 Å². The molecule has 2 amide bonds. The lowest BCUT2D eigenvalue weighted by Gasteiger charge is -2.51. The van der Waals surface area contributed by atoms with Gasteiger partial charge >= 0.3 is 5.97 Å². The largest absolute Gasteiger partial charge is 0.484 e. The number of hydrogen-bond acceptors (Lipinski definition) is 6. The first-order valence-corrected chi connectivity index (χ1v) is 8.22. The highest BCUT2D eigenvalue weighted by molar-refractivity contribution is 8.00. The van der Waals surface area contributed by atoms with E-state index in [9.17, 15) is 24.6 Å². The molecule has 1 aromatic rings. The van der Waals surface area contributed by atoms with Crippen LogP contribution in [0.5, 0.6) is 5.75 Å². The van der Waals surface area contributed by atoms with Gasteiger partial charge in [0, 0.05) is 0 Å². The third-order valence-corrected chi connectivity index (χ3v) is 5.45. The van der Waals surface area contributed by atoms with E-state index >= 15 is 0 Å². The van der Waals surface area contributed by atoms with E-state index < -0.39 is 22.9 Å². The van der Waals surface area contributed by atoms with Gasteiger partial charge in [0.1, 0.15) is 11.1 Å². The molecule has 0 aliphatic carbocycles. The Hall–Kier alpha value is -2.26. The third-order valence-electron chi connectivity index (χ3n) is 3.93. The molecule has 0 spiro atoms. The van der Waals surface area contributed by atoms with Crippen molar-refractivity contribution in [3.63, 3.8) is 0 Å². The maximum Gasteiger partial charge on any atom is 0.340 e. The number of rotatable bonds is 5. The molecule has 2 saturated heterocycles. The number of para-hydroxylation sites is 1. The lowest BCUT2D eigenvalue weighted by Crippen LogP contribution is -2.70. The van der Waals surface area contributed by atoms with Crippen molar-refractivity contribution >= 4 is 29.5 Å². The van der Waals surface area contributed by atoms with Gasteiger partial charge in [0.2, 0.25) is 11.5 Å². The van der Waals surface area contributed by atoms with E-state index in [1.807, 2.05) is 6.07 Å². The number of carbonyl (C=O) groups is 3. The summed E-state index contributed by atoms with van der Waals surface area (Å²) in [7, 11) is 0. The van der Waals surface area contributed by atoms with Gasteiger partial charge in [-0.25, -0.2) is 4.79 Å². The van der Waals surface area contributed by atoms with E-state index in [-0.39, 0.29) is 30.9 Å². The minimum atomic E-state index is -2.24. The van der Waals surface area contributed by atoms with Crippen LogP contribution >= 0.6 is 11.8 Å². The van der Waals surface area contributed by atoms with E-state index in [1.165, 1.54) is 4.90 Å². The molecular weight excluding hydrogens is 336 g/mol. The molecule has 1 aromatic carbocycles. The molecule has 8 nitrogen and oxygen atoms in total. The van der Waals surface area contributed by atoms with Gasteiger partial charge in [0.05, 0.1) is 18.3 Å². The molecule has 9 heteroatoms. The smallest absolute Gasteiger partial charge is 0.340 e. The zero-order chi connectivity index (χ0) is 17.3. The molecule has 2 unspecified atom stereocenters. The van der Waals surface area contributed by atoms with Gasteiger partial charge in [-0.15, -0.1) is 11.8 Å². The van der Waals surface area contributed by atoms with Crippen molar-refractivity contribution in [2.45, 2.75) is 22.8 Å². The Morgan fingerprint density at radius 3 is 2.71 bits per heavy atom. The summed E-state index contributed by atoms with van der Waals surface area (Å²) < 4.78 is 5.30. The summed E-state index contributed by atoms with van der Waals surface area (Å²) in [6, 6.07) is 8.71. The van der Waals surface area contributed by atoms with Crippen LogP contribution in [0, 0.1) is 0 Å². The van der Waals surface area contributed by atoms with Gasteiger partial charge in [0.15, 0.2) is 6.61 Å². The topological polar surface area (TPSA) is 116 Å². The quantitative estimate of drug-likeness (QED) is 0.619. The predicted molar refractivity (Wildman–Crippen MR) is 84.2 cm³/mol. The van der Waals surface area contributed by atoms with E-state index in [1.54, 1.807) is 24.3 Å². The summed E-state index contributed by atoms with van der Waals surface area (Å²) in [5, 5.41) is 20.9. The molecule has 0 saturated carbocycles. The van der Waals surface area contributed by atoms with Gasteiger partial charge in [-0.2, -0.15) is 0 Å². The van der Waals surface area contributed by atoms with Gasteiger partial charge in [-0.05, 0) is 12.1 Å². The Balaban J connectivity index is 1.62. The van der Waals surface area contributed by atoms with Crippen LogP contribution in [0.3, 0.4) is 0 Å². The zero-order valence-corrected chi connectivity index (χ0v) is 13.4. The highest BCUT2D eigenvalue weighted by atomic mass is 32.2. The number of carboxylic acid groups (broad SMARTS) is 1. The van der Waals surface area contributed by atoms with Crippen LogP contribution in [0.25, 0.3) is 0 Å². The summed E-state index contributed by atoms with van der Waals surface area (Å²) in [4.78, 5) is 36.3. The number of fused-ring (bicyclic) bond motifs is 1. The fourth-order valence-corrected chi connectivity index (χ4v) is 4.03. The first kappa shape index (κ1) is 16.6. The Bertz CT molecular complexity index is 669. The Kier molecular flexibility index (Phi) is 4.37. The van der Waals surface area contributed by atoms with Crippen LogP contribution in [0.15, 0.2) is 30.3 Å². The average Bonchev–Trinajstić information content (AvgIpc) is 2.56. The number of carboxylic acids is 1. The minimum absolute atomic E-state index is 0.204. The van der Waals surface area contributed by atoms with E-state index in [0.717, 1.165) is 11.8 Å². The fraction of sp³-hybridized carbons (Fsp3) is 0.400. The van der Waals surface area contributed by atoms with Crippen molar-refractivity contribution < 1.29 is 29.3 Å². The third kappa shape index (κ3) is 3.04. The standard InChI is InChI=1S/C15H16N2O6S/c18-10(7-23-9-4-2-1-3-5-9)16-13-15(22,14(20)21)8-17-11(19)6-12(17)24-13/h1-5,12-13,22H,6-8H2,(H,16,18)(H,20,21)/t12-,13?,15?/m1/s1. The molecule has 3 rings (SSSR count). The SMILES string of the molecule is O=C(COc1ccccc1)NC1S[C@@H]2CC(=O)N2CC1(O)C(=O)O. The van der Waals surface area contributed by atoms with Crippen molar-refractivity contribution in [3.8, 4) is 5.75 Å². The molecule has 3 N–H and O–H groups in total. The fourth-order valence-electron chi connectivity index (χ4n) is 2.54. The normalized spacial score (nSPS) is 28.5. The lowest BCUT2D eigenvalue weighted by atomic mass is 9.99. The number of benzene rings is 1. The second-order valence-electron chi connectivity index (χ2n) is 5.60. The number of carbonyl (C=O) groups excluding carboxylic acids is 2. The van der Waals surface area contributed by atoms with Crippen molar-refractivity contribution in [2.75, 3.05) is 13.2 Å². The number of aliphatic hydroxyl groups is 1. The highest BCUT2D eigenvalue weighted by Gasteiger charge is 2.57. The molecular formula is C15H16N2O6S. The second kappa shape index (κ2) is 6.33. The Morgan fingerprint density at radius 1 is 1.38 bits per heavy atom. The minimum Gasteiger partial charge on any atom is -0.484 e.